The standard InChI is InChI=1S/C23H28N4O2S/c28-30(29)25-14-20-7-4-8-22(13-20)21-9-11-26(12-10-21)17-23-15-24-18-27(23)16-19-5-2-1-3-6-19/h1-8,13,15,18,21,25H,9-12,14,16-17H2,(H,28,29). The third-order valence-electron chi connectivity index (χ3n) is 5.79. The van der Waals surface area contributed by atoms with Crippen LogP contribution in [0.3, 0.4) is 0 Å². The fraction of sp³-hybridized carbons (Fsp3) is 0.348. The number of piperidine rings is 1. The monoisotopic (exact) mass is 424 g/mol. The van der Waals surface area contributed by atoms with Crippen LogP contribution < -0.4 is 4.72 Å². The Morgan fingerprint density at radius 2 is 1.80 bits per heavy atom. The van der Waals surface area contributed by atoms with E-state index in [9.17, 15) is 4.21 Å². The van der Waals surface area contributed by atoms with Crippen LogP contribution >= 0.6 is 0 Å². The summed E-state index contributed by atoms with van der Waals surface area (Å²) in [5.41, 5.74) is 4.91. The lowest BCUT2D eigenvalue weighted by molar-refractivity contribution is 0.200. The number of hydrogen-bond donors (Lipinski definition) is 2. The van der Waals surface area contributed by atoms with Crippen molar-refractivity contribution in [3.63, 3.8) is 0 Å². The summed E-state index contributed by atoms with van der Waals surface area (Å²) in [5, 5.41) is 0. The molecule has 1 atom stereocenters. The molecule has 30 heavy (non-hydrogen) atoms. The molecule has 2 heterocycles. The van der Waals surface area contributed by atoms with Gasteiger partial charge in [-0.05, 0) is 48.5 Å². The van der Waals surface area contributed by atoms with E-state index in [-0.39, 0.29) is 0 Å². The van der Waals surface area contributed by atoms with Gasteiger partial charge in [-0.3, -0.25) is 9.45 Å². The third kappa shape index (κ3) is 5.64. The zero-order chi connectivity index (χ0) is 20.8. The van der Waals surface area contributed by atoms with Gasteiger partial charge >= 0.3 is 0 Å². The van der Waals surface area contributed by atoms with Gasteiger partial charge in [0.1, 0.15) is 0 Å². The highest BCUT2D eigenvalue weighted by Crippen LogP contribution is 2.29. The highest BCUT2D eigenvalue weighted by Gasteiger charge is 2.21. The van der Waals surface area contributed by atoms with E-state index in [1.165, 1.54) is 16.8 Å². The van der Waals surface area contributed by atoms with Crippen LogP contribution in [0.15, 0.2) is 67.1 Å². The van der Waals surface area contributed by atoms with Crippen molar-refractivity contribution in [3.05, 3.63) is 89.5 Å². The smallest absolute Gasteiger partial charge is 0.232 e. The second-order valence-corrected chi connectivity index (χ2v) is 8.65. The van der Waals surface area contributed by atoms with E-state index >= 15 is 0 Å². The van der Waals surface area contributed by atoms with Gasteiger partial charge < -0.3 is 4.57 Å². The number of rotatable bonds is 8. The zero-order valence-electron chi connectivity index (χ0n) is 17.0. The molecule has 2 aromatic carbocycles. The van der Waals surface area contributed by atoms with E-state index < -0.39 is 11.3 Å². The van der Waals surface area contributed by atoms with E-state index in [4.69, 9.17) is 4.55 Å². The molecule has 0 amide bonds. The van der Waals surface area contributed by atoms with Gasteiger partial charge in [-0.25, -0.2) is 13.9 Å². The number of imidazole rings is 1. The zero-order valence-corrected chi connectivity index (χ0v) is 17.8. The van der Waals surface area contributed by atoms with Crippen LogP contribution in [0.5, 0.6) is 0 Å². The molecule has 1 aliphatic heterocycles. The molecule has 1 unspecified atom stereocenters. The van der Waals surface area contributed by atoms with Gasteiger partial charge in [0.15, 0.2) is 0 Å². The summed E-state index contributed by atoms with van der Waals surface area (Å²) in [6.45, 7) is 4.30. The summed E-state index contributed by atoms with van der Waals surface area (Å²) in [7, 11) is 0. The molecular weight excluding hydrogens is 396 g/mol. The maximum atomic E-state index is 10.8. The lowest BCUT2D eigenvalue weighted by Gasteiger charge is -2.32. The summed E-state index contributed by atoms with van der Waals surface area (Å²) in [5.74, 6) is 0.537. The summed E-state index contributed by atoms with van der Waals surface area (Å²) in [6.07, 6.45) is 6.15. The summed E-state index contributed by atoms with van der Waals surface area (Å²) < 4.78 is 24.6. The van der Waals surface area contributed by atoms with Crippen molar-refractivity contribution in [1.82, 2.24) is 19.2 Å². The number of benzene rings is 2. The molecule has 2 N–H and O–H groups in total. The minimum Gasteiger partial charge on any atom is -0.329 e. The molecule has 7 heteroatoms. The predicted molar refractivity (Wildman–Crippen MR) is 119 cm³/mol. The summed E-state index contributed by atoms with van der Waals surface area (Å²) in [4.78, 5) is 6.89. The second kappa shape index (κ2) is 10.1. The van der Waals surface area contributed by atoms with E-state index in [1.54, 1.807) is 0 Å². The van der Waals surface area contributed by atoms with Crippen LogP contribution in [0, 0.1) is 0 Å². The van der Waals surface area contributed by atoms with Gasteiger partial charge in [0.2, 0.25) is 11.3 Å². The number of likely N-dealkylation sites (tertiary alicyclic amines) is 1. The minimum atomic E-state index is -1.98. The Kier molecular flexibility index (Phi) is 7.07. The number of hydrogen-bond acceptors (Lipinski definition) is 3. The van der Waals surface area contributed by atoms with Crippen molar-refractivity contribution in [2.75, 3.05) is 13.1 Å². The Labute approximate surface area is 180 Å². The SMILES string of the molecule is O=S(O)NCc1cccc(C2CCN(Cc3cncn3Cc3ccccc3)CC2)c1. The highest BCUT2D eigenvalue weighted by atomic mass is 32.2. The van der Waals surface area contributed by atoms with Crippen molar-refractivity contribution in [3.8, 4) is 0 Å². The Morgan fingerprint density at radius 3 is 2.57 bits per heavy atom. The lowest BCUT2D eigenvalue weighted by Crippen LogP contribution is -2.33. The molecule has 0 radical (unpaired) electrons. The van der Waals surface area contributed by atoms with Crippen molar-refractivity contribution < 1.29 is 8.76 Å². The third-order valence-corrected chi connectivity index (χ3v) is 6.18. The van der Waals surface area contributed by atoms with Crippen LogP contribution in [0.4, 0.5) is 0 Å². The quantitative estimate of drug-likeness (QED) is 0.543. The first-order valence-corrected chi connectivity index (χ1v) is 11.5. The predicted octanol–water partition coefficient (Wildman–Crippen LogP) is 3.54. The van der Waals surface area contributed by atoms with Crippen LogP contribution in [0.25, 0.3) is 0 Å². The Hall–Kier alpha value is -2.32. The number of nitrogens with zero attached hydrogens (tertiary/aromatic N) is 3. The molecule has 1 fully saturated rings. The second-order valence-electron chi connectivity index (χ2n) is 7.86. The van der Waals surface area contributed by atoms with Crippen molar-refractivity contribution in [1.29, 1.82) is 0 Å². The van der Waals surface area contributed by atoms with Crippen LogP contribution in [0.1, 0.15) is 41.1 Å². The Bertz CT molecular complexity index is 968. The molecule has 0 aliphatic carbocycles. The van der Waals surface area contributed by atoms with Gasteiger partial charge in [0, 0.05) is 25.8 Å². The topological polar surface area (TPSA) is 70.4 Å². The van der Waals surface area contributed by atoms with Gasteiger partial charge in [0.25, 0.3) is 0 Å². The normalized spacial score (nSPS) is 16.6. The van der Waals surface area contributed by atoms with E-state index in [2.05, 4.69) is 55.6 Å². The Morgan fingerprint density at radius 1 is 1.03 bits per heavy atom. The van der Waals surface area contributed by atoms with Gasteiger partial charge in [-0.15, -0.1) is 0 Å². The maximum Gasteiger partial charge on any atom is 0.232 e. The molecular formula is C23H28N4O2S. The van der Waals surface area contributed by atoms with Gasteiger partial charge in [0.05, 0.1) is 12.0 Å². The first-order valence-electron chi connectivity index (χ1n) is 10.4. The fourth-order valence-electron chi connectivity index (χ4n) is 4.16. The summed E-state index contributed by atoms with van der Waals surface area (Å²) in [6, 6.07) is 18.9. The molecule has 4 rings (SSSR count). The lowest BCUT2D eigenvalue weighted by atomic mass is 9.88. The van der Waals surface area contributed by atoms with Crippen LogP contribution in [-0.4, -0.2) is 36.3 Å². The number of nitrogens with one attached hydrogen (secondary N) is 1. The highest BCUT2D eigenvalue weighted by molar-refractivity contribution is 7.77. The molecule has 6 nitrogen and oxygen atoms in total. The van der Waals surface area contributed by atoms with E-state index in [1.807, 2.05) is 30.7 Å². The largest absolute Gasteiger partial charge is 0.329 e. The molecule has 0 spiro atoms. The van der Waals surface area contributed by atoms with E-state index in [0.29, 0.717) is 12.5 Å². The van der Waals surface area contributed by atoms with E-state index in [0.717, 1.165) is 44.6 Å². The van der Waals surface area contributed by atoms with Crippen molar-refractivity contribution in [2.24, 2.45) is 0 Å². The molecule has 1 aliphatic rings. The first-order chi connectivity index (χ1) is 14.7. The minimum absolute atomic E-state index is 0.404. The average Bonchev–Trinajstić information content (AvgIpc) is 3.20. The first kappa shape index (κ1) is 20.9. The van der Waals surface area contributed by atoms with Gasteiger partial charge in [-0.1, -0.05) is 54.6 Å². The van der Waals surface area contributed by atoms with Crippen molar-refractivity contribution >= 4 is 11.3 Å². The van der Waals surface area contributed by atoms with Crippen LogP contribution in [0.2, 0.25) is 0 Å². The Balaban J connectivity index is 1.32. The van der Waals surface area contributed by atoms with Gasteiger partial charge in [-0.2, -0.15) is 0 Å². The fourth-order valence-corrected chi connectivity index (χ4v) is 4.45. The maximum absolute atomic E-state index is 10.8. The number of aromatic nitrogens is 2. The molecule has 1 aromatic heterocycles. The van der Waals surface area contributed by atoms with Crippen molar-refractivity contribution in [2.45, 2.75) is 38.4 Å². The molecule has 0 bridgehead atoms. The summed E-state index contributed by atoms with van der Waals surface area (Å²) >= 11 is -1.98. The molecule has 0 saturated carbocycles. The molecule has 1 saturated heterocycles. The van der Waals surface area contributed by atoms with Crippen LogP contribution in [-0.2, 0) is 30.9 Å². The average molecular weight is 425 g/mol. The molecule has 3 aromatic rings. The molecule has 158 valence electrons.